The van der Waals surface area contributed by atoms with Gasteiger partial charge >= 0.3 is 0 Å². The minimum Gasteiger partial charge on any atom is -0.508 e. The largest absolute Gasteiger partial charge is 0.508 e. The summed E-state index contributed by atoms with van der Waals surface area (Å²) in [6.07, 6.45) is 3.46. The van der Waals surface area contributed by atoms with Gasteiger partial charge in [-0.05, 0) is 30.4 Å². The van der Waals surface area contributed by atoms with Gasteiger partial charge in [0.05, 0.1) is 0 Å². The Morgan fingerprint density at radius 2 is 1.79 bits per heavy atom. The zero-order chi connectivity index (χ0) is 10.1. The number of benzene rings is 1. The molecule has 1 aromatic carbocycles. The summed E-state index contributed by atoms with van der Waals surface area (Å²) in [6, 6.07) is 4.98. The number of rotatable bonds is 1. The maximum absolute atomic E-state index is 9.71. The summed E-state index contributed by atoms with van der Waals surface area (Å²) in [5, 5.41) is 19.4. The van der Waals surface area contributed by atoms with Crippen LogP contribution in [0.5, 0.6) is 11.5 Å². The van der Waals surface area contributed by atoms with E-state index in [9.17, 15) is 10.2 Å². The molecule has 2 rings (SSSR count). The summed E-state index contributed by atoms with van der Waals surface area (Å²) in [4.78, 5) is 0. The van der Waals surface area contributed by atoms with E-state index in [1.807, 2.05) is 0 Å². The number of hydrogen-bond acceptors (Lipinski definition) is 2. The summed E-state index contributed by atoms with van der Waals surface area (Å²) in [5.41, 5.74) is 0.748. The molecule has 0 bridgehead atoms. The molecule has 1 aliphatic rings. The van der Waals surface area contributed by atoms with E-state index in [1.54, 1.807) is 18.2 Å². The van der Waals surface area contributed by atoms with Gasteiger partial charge in [-0.1, -0.05) is 25.8 Å². The third-order valence-corrected chi connectivity index (χ3v) is 3.29. The Labute approximate surface area is 84.2 Å². The molecule has 0 heterocycles. The number of aromatic hydroxyl groups is 2. The second-order valence-corrected chi connectivity index (χ2v) is 4.22. The van der Waals surface area contributed by atoms with Crippen LogP contribution >= 0.6 is 0 Å². The molecule has 1 aromatic rings. The summed E-state index contributed by atoms with van der Waals surface area (Å²) in [5.74, 6) is 1.37. The fourth-order valence-corrected chi connectivity index (χ4v) is 2.50. The fraction of sp³-hybridized carbons (Fsp3) is 0.500. The standard InChI is InChI=1S/C12H16O2/c1-8-4-2-5-9(8)12-10(13)6-3-7-11(12)14/h3,6-9,13-14H,2,4-5H2,1H3. The lowest BCUT2D eigenvalue weighted by Gasteiger charge is -2.18. The van der Waals surface area contributed by atoms with Crippen LogP contribution in [-0.4, -0.2) is 10.2 Å². The van der Waals surface area contributed by atoms with E-state index in [0.717, 1.165) is 12.0 Å². The minimum absolute atomic E-state index is 0.240. The number of phenols is 2. The van der Waals surface area contributed by atoms with E-state index in [0.29, 0.717) is 11.8 Å². The maximum atomic E-state index is 9.71. The van der Waals surface area contributed by atoms with Gasteiger partial charge in [0, 0.05) is 5.56 Å². The highest BCUT2D eigenvalue weighted by Crippen LogP contribution is 2.45. The lowest BCUT2D eigenvalue weighted by atomic mass is 9.89. The molecular weight excluding hydrogens is 176 g/mol. The van der Waals surface area contributed by atoms with Crippen molar-refractivity contribution in [2.24, 2.45) is 5.92 Å². The van der Waals surface area contributed by atoms with Crippen molar-refractivity contribution >= 4 is 0 Å². The molecule has 14 heavy (non-hydrogen) atoms. The Morgan fingerprint density at radius 3 is 2.29 bits per heavy atom. The molecule has 1 saturated carbocycles. The van der Waals surface area contributed by atoms with E-state index < -0.39 is 0 Å². The van der Waals surface area contributed by atoms with Crippen molar-refractivity contribution in [3.05, 3.63) is 23.8 Å². The highest BCUT2D eigenvalue weighted by atomic mass is 16.3. The van der Waals surface area contributed by atoms with Crippen LogP contribution in [0.3, 0.4) is 0 Å². The van der Waals surface area contributed by atoms with Gasteiger partial charge < -0.3 is 10.2 Å². The molecule has 2 atom stereocenters. The Bertz CT molecular complexity index is 313. The topological polar surface area (TPSA) is 40.5 Å². The number of hydrogen-bond donors (Lipinski definition) is 2. The van der Waals surface area contributed by atoms with E-state index in [-0.39, 0.29) is 11.5 Å². The predicted molar refractivity (Wildman–Crippen MR) is 55.5 cm³/mol. The third-order valence-electron chi connectivity index (χ3n) is 3.29. The third kappa shape index (κ3) is 1.45. The van der Waals surface area contributed by atoms with E-state index in [4.69, 9.17) is 0 Å². The molecule has 1 fully saturated rings. The first-order chi connectivity index (χ1) is 6.70. The fourth-order valence-electron chi connectivity index (χ4n) is 2.50. The molecule has 2 N–H and O–H groups in total. The van der Waals surface area contributed by atoms with Crippen molar-refractivity contribution in [2.45, 2.75) is 32.1 Å². The molecular formula is C12H16O2. The van der Waals surface area contributed by atoms with Crippen LogP contribution in [0, 0.1) is 5.92 Å². The van der Waals surface area contributed by atoms with Gasteiger partial charge in [-0.3, -0.25) is 0 Å². The van der Waals surface area contributed by atoms with Crippen LogP contribution < -0.4 is 0 Å². The summed E-state index contributed by atoms with van der Waals surface area (Å²) < 4.78 is 0. The maximum Gasteiger partial charge on any atom is 0.122 e. The average Bonchev–Trinajstić information content (AvgIpc) is 2.52. The second kappa shape index (κ2) is 3.52. The van der Waals surface area contributed by atoms with Crippen LogP contribution in [0.2, 0.25) is 0 Å². The molecule has 2 nitrogen and oxygen atoms in total. The molecule has 1 aliphatic carbocycles. The van der Waals surface area contributed by atoms with Gasteiger partial charge in [0.1, 0.15) is 11.5 Å². The molecule has 0 aliphatic heterocycles. The van der Waals surface area contributed by atoms with Crippen molar-refractivity contribution in [1.29, 1.82) is 0 Å². The number of phenolic OH excluding ortho intramolecular Hbond substituents is 2. The van der Waals surface area contributed by atoms with Crippen LogP contribution in [0.4, 0.5) is 0 Å². The van der Waals surface area contributed by atoms with Crippen molar-refractivity contribution in [3.8, 4) is 11.5 Å². The zero-order valence-corrected chi connectivity index (χ0v) is 8.40. The van der Waals surface area contributed by atoms with E-state index >= 15 is 0 Å². The van der Waals surface area contributed by atoms with Crippen LogP contribution in [-0.2, 0) is 0 Å². The summed E-state index contributed by atoms with van der Waals surface area (Å²) >= 11 is 0. The molecule has 0 spiro atoms. The Balaban J connectivity index is 2.39. The summed E-state index contributed by atoms with van der Waals surface area (Å²) in [6.45, 7) is 2.18. The smallest absolute Gasteiger partial charge is 0.122 e. The van der Waals surface area contributed by atoms with E-state index in [1.165, 1.54) is 12.8 Å². The monoisotopic (exact) mass is 192 g/mol. The highest BCUT2D eigenvalue weighted by molar-refractivity contribution is 5.46. The lowest BCUT2D eigenvalue weighted by molar-refractivity contribution is 0.412. The molecule has 0 amide bonds. The van der Waals surface area contributed by atoms with Crippen molar-refractivity contribution in [3.63, 3.8) is 0 Å². The molecule has 0 aromatic heterocycles. The first kappa shape index (κ1) is 9.38. The van der Waals surface area contributed by atoms with Gasteiger partial charge in [-0.2, -0.15) is 0 Å². The SMILES string of the molecule is CC1CCCC1c1c(O)cccc1O. The molecule has 2 unspecified atom stereocenters. The Morgan fingerprint density at radius 1 is 1.14 bits per heavy atom. The molecule has 0 saturated heterocycles. The molecule has 0 radical (unpaired) electrons. The first-order valence-corrected chi connectivity index (χ1v) is 5.21. The average molecular weight is 192 g/mol. The normalized spacial score (nSPS) is 26.6. The minimum atomic E-state index is 0.240. The molecule has 76 valence electrons. The van der Waals surface area contributed by atoms with E-state index in [2.05, 4.69) is 6.92 Å². The quantitative estimate of drug-likeness (QED) is 0.718. The second-order valence-electron chi connectivity index (χ2n) is 4.22. The van der Waals surface area contributed by atoms with Crippen LogP contribution in [0.1, 0.15) is 37.7 Å². The zero-order valence-electron chi connectivity index (χ0n) is 8.40. The van der Waals surface area contributed by atoms with Crippen molar-refractivity contribution < 1.29 is 10.2 Å². The lowest BCUT2D eigenvalue weighted by Crippen LogP contribution is -2.02. The van der Waals surface area contributed by atoms with Crippen molar-refractivity contribution in [1.82, 2.24) is 0 Å². The Kier molecular flexibility index (Phi) is 2.36. The first-order valence-electron chi connectivity index (χ1n) is 5.21. The molecule has 2 heteroatoms. The van der Waals surface area contributed by atoms with Crippen molar-refractivity contribution in [2.75, 3.05) is 0 Å². The van der Waals surface area contributed by atoms with Crippen LogP contribution in [0.25, 0.3) is 0 Å². The van der Waals surface area contributed by atoms with Gasteiger partial charge in [-0.25, -0.2) is 0 Å². The van der Waals surface area contributed by atoms with Gasteiger partial charge in [0.15, 0.2) is 0 Å². The summed E-state index contributed by atoms with van der Waals surface area (Å²) in [7, 11) is 0. The highest BCUT2D eigenvalue weighted by Gasteiger charge is 2.28. The van der Waals surface area contributed by atoms with Gasteiger partial charge in [-0.15, -0.1) is 0 Å². The van der Waals surface area contributed by atoms with Crippen LogP contribution in [0.15, 0.2) is 18.2 Å². The Hall–Kier alpha value is -1.18. The predicted octanol–water partition coefficient (Wildman–Crippen LogP) is 3.00. The van der Waals surface area contributed by atoms with Gasteiger partial charge in [0.2, 0.25) is 0 Å². The van der Waals surface area contributed by atoms with Gasteiger partial charge in [0.25, 0.3) is 0 Å².